The van der Waals surface area contributed by atoms with E-state index in [9.17, 15) is 24.3 Å². The predicted octanol–water partition coefficient (Wildman–Crippen LogP) is 5.26. The van der Waals surface area contributed by atoms with Gasteiger partial charge in [0.1, 0.15) is 29.5 Å². The highest BCUT2D eigenvalue weighted by Crippen LogP contribution is 2.45. The quantitative estimate of drug-likeness (QED) is 0.324. The van der Waals surface area contributed by atoms with Crippen LogP contribution in [0.1, 0.15) is 77.6 Å². The van der Waals surface area contributed by atoms with Crippen molar-refractivity contribution in [1.29, 1.82) is 0 Å². The molecule has 6 rings (SSSR count). The molecule has 0 unspecified atom stereocenters. The topological polar surface area (TPSA) is 156 Å². The molecule has 3 amide bonds. The SMILES string of the molecule is CCOc1cc(O[C@@H]2C[C@H]3C(=O)N[C@]4(C(=O)O)C[C@H]4/C=C\CCCC[C@H](NC(=O)OC4CCCC4)CC(=O)N3C2)c2cccc(Br)c2n1. The average molecular weight is 728 g/mol. The molecule has 0 radical (unpaired) electrons. The molecule has 12 nitrogen and oxygen atoms in total. The third-order valence-electron chi connectivity index (χ3n) is 9.80. The van der Waals surface area contributed by atoms with Crippen molar-refractivity contribution in [1.82, 2.24) is 20.5 Å². The van der Waals surface area contributed by atoms with Crippen molar-refractivity contribution < 1.29 is 38.5 Å². The number of pyridine rings is 1. The number of para-hydroxylation sites is 1. The molecule has 3 fully saturated rings. The van der Waals surface area contributed by atoms with Crippen LogP contribution in [-0.2, 0) is 19.1 Å². The third kappa shape index (κ3) is 7.55. The van der Waals surface area contributed by atoms with Gasteiger partial charge in [0.25, 0.3) is 0 Å². The van der Waals surface area contributed by atoms with Gasteiger partial charge in [0.15, 0.2) is 0 Å². The monoisotopic (exact) mass is 726 g/mol. The zero-order chi connectivity index (χ0) is 33.8. The van der Waals surface area contributed by atoms with Crippen molar-refractivity contribution in [3.05, 3.63) is 40.9 Å². The normalized spacial score (nSPS) is 28.8. The van der Waals surface area contributed by atoms with Crippen molar-refractivity contribution in [2.45, 2.75) is 107 Å². The number of benzene rings is 1. The molecule has 2 saturated carbocycles. The number of nitrogens with one attached hydrogen (secondary N) is 2. The van der Waals surface area contributed by atoms with Crippen LogP contribution >= 0.6 is 15.9 Å². The van der Waals surface area contributed by atoms with Crippen LogP contribution in [-0.4, -0.2) is 81.8 Å². The van der Waals surface area contributed by atoms with Crippen molar-refractivity contribution in [2.75, 3.05) is 13.2 Å². The molecule has 1 aromatic heterocycles. The molecule has 4 aliphatic rings. The van der Waals surface area contributed by atoms with E-state index in [1.54, 1.807) is 6.07 Å². The van der Waals surface area contributed by atoms with E-state index in [1.165, 1.54) is 4.90 Å². The zero-order valence-corrected chi connectivity index (χ0v) is 28.7. The Kier molecular flexibility index (Phi) is 10.4. The van der Waals surface area contributed by atoms with Gasteiger partial charge in [-0.15, -0.1) is 0 Å². The van der Waals surface area contributed by atoms with Gasteiger partial charge in [0.05, 0.1) is 18.7 Å². The van der Waals surface area contributed by atoms with Crippen LogP contribution in [0.25, 0.3) is 10.9 Å². The number of carbonyl (C=O) groups is 4. The molecular formula is C35H43BrN4O8. The second kappa shape index (κ2) is 14.7. The summed E-state index contributed by atoms with van der Waals surface area (Å²) in [5, 5.41) is 16.6. The van der Waals surface area contributed by atoms with E-state index in [1.807, 2.05) is 37.3 Å². The van der Waals surface area contributed by atoms with E-state index in [-0.39, 0.29) is 37.3 Å². The highest BCUT2D eigenvalue weighted by atomic mass is 79.9. The Morgan fingerprint density at radius 2 is 1.94 bits per heavy atom. The molecule has 13 heteroatoms. The number of amides is 3. The summed E-state index contributed by atoms with van der Waals surface area (Å²) in [7, 11) is 0. The number of aromatic nitrogens is 1. The van der Waals surface area contributed by atoms with Gasteiger partial charge in [0, 0.05) is 40.7 Å². The lowest BCUT2D eigenvalue weighted by molar-refractivity contribution is -0.145. The molecule has 1 saturated heterocycles. The minimum absolute atomic E-state index is 0.0293. The Balaban J connectivity index is 1.26. The third-order valence-corrected chi connectivity index (χ3v) is 10.4. The number of hydrogen-bond donors (Lipinski definition) is 3. The minimum atomic E-state index is -1.41. The van der Waals surface area contributed by atoms with Crippen LogP contribution < -0.4 is 20.1 Å². The number of carboxylic acids is 1. The number of hydrogen-bond acceptors (Lipinski definition) is 8. The first kappa shape index (κ1) is 34.0. The summed E-state index contributed by atoms with van der Waals surface area (Å²) in [4.78, 5) is 59.3. The lowest BCUT2D eigenvalue weighted by atomic mass is 10.0. The fraction of sp³-hybridized carbons (Fsp3) is 0.571. The fourth-order valence-corrected chi connectivity index (χ4v) is 7.61. The number of halogens is 1. The number of nitrogens with zero attached hydrogens (tertiary/aromatic N) is 2. The van der Waals surface area contributed by atoms with Crippen LogP contribution in [0, 0.1) is 5.92 Å². The summed E-state index contributed by atoms with van der Waals surface area (Å²) >= 11 is 3.56. The van der Waals surface area contributed by atoms with Crippen LogP contribution in [0.15, 0.2) is 40.9 Å². The second-order valence-electron chi connectivity index (χ2n) is 13.2. The molecule has 2 aliphatic carbocycles. The lowest BCUT2D eigenvalue weighted by Gasteiger charge is -2.27. The van der Waals surface area contributed by atoms with Gasteiger partial charge in [0.2, 0.25) is 17.7 Å². The molecule has 2 aromatic rings. The Morgan fingerprint density at radius 1 is 1.15 bits per heavy atom. The van der Waals surface area contributed by atoms with Crippen molar-refractivity contribution >= 4 is 50.7 Å². The molecule has 1 aromatic carbocycles. The fourth-order valence-electron chi connectivity index (χ4n) is 7.16. The lowest BCUT2D eigenvalue weighted by Crippen LogP contribution is -2.53. The molecule has 0 bridgehead atoms. The molecule has 3 heterocycles. The van der Waals surface area contributed by atoms with Crippen LogP contribution in [0.5, 0.6) is 11.6 Å². The number of ether oxygens (including phenoxy) is 3. The largest absolute Gasteiger partial charge is 0.488 e. The Hall–Kier alpha value is -3.87. The number of allylic oxidation sites excluding steroid dienone is 1. The number of carboxylic acid groups (broad SMARTS) is 1. The first-order chi connectivity index (χ1) is 23.2. The summed E-state index contributed by atoms with van der Waals surface area (Å²) in [6, 6.07) is 5.87. The van der Waals surface area contributed by atoms with E-state index >= 15 is 0 Å². The molecule has 5 atom stereocenters. The first-order valence-electron chi connectivity index (χ1n) is 17.0. The first-order valence-corrected chi connectivity index (χ1v) is 17.8. The summed E-state index contributed by atoms with van der Waals surface area (Å²) in [5.74, 6) is -1.42. The summed E-state index contributed by atoms with van der Waals surface area (Å²) in [5.41, 5.74) is -0.759. The smallest absolute Gasteiger partial charge is 0.407 e. The van der Waals surface area contributed by atoms with E-state index in [2.05, 4.69) is 31.5 Å². The van der Waals surface area contributed by atoms with Gasteiger partial charge in [-0.3, -0.25) is 9.59 Å². The van der Waals surface area contributed by atoms with E-state index in [4.69, 9.17) is 14.2 Å². The van der Waals surface area contributed by atoms with Crippen molar-refractivity contribution in [2.24, 2.45) is 5.92 Å². The van der Waals surface area contributed by atoms with Crippen LogP contribution in [0.3, 0.4) is 0 Å². The Morgan fingerprint density at radius 3 is 2.71 bits per heavy atom. The molecular weight excluding hydrogens is 684 g/mol. The van der Waals surface area contributed by atoms with Crippen LogP contribution in [0.4, 0.5) is 4.79 Å². The van der Waals surface area contributed by atoms with Gasteiger partial charge in [-0.25, -0.2) is 14.6 Å². The average Bonchev–Trinajstić information content (AvgIpc) is 3.33. The maximum atomic E-state index is 14.0. The Bertz CT molecular complexity index is 1580. The van der Waals surface area contributed by atoms with Crippen molar-refractivity contribution in [3.63, 3.8) is 0 Å². The summed E-state index contributed by atoms with van der Waals surface area (Å²) in [6.07, 6.45) is 9.59. The minimum Gasteiger partial charge on any atom is -0.488 e. The number of rotatable bonds is 7. The van der Waals surface area contributed by atoms with E-state index in [0.29, 0.717) is 36.6 Å². The number of carbonyl (C=O) groups excluding carboxylic acids is 3. The van der Waals surface area contributed by atoms with Gasteiger partial charge >= 0.3 is 12.1 Å². The Labute approximate surface area is 288 Å². The van der Waals surface area contributed by atoms with Crippen molar-refractivity contribution in [3.8, 4) is 11.6 Å². The molecule has 0 spiro atoms. The van der Waals surface area contributed by atoms with E-state index < -0.39 is 41.7 Å². The zero-order valence-electron chi connectivity index (χ0n) is 27.1. The number of aliphatic carboxylic acids is 1. The number of alkyl carbamates (subject to hydrolysis) is 1. The number of fused-ring (bicyclic) bond motifs is 3. The molecule has 3 N–H and O–H groups in total. The molecule has 48 heavy (non-hydrogen) atoms. The van der Waals surface area contributed by atoms with Gasteiger partial charge < -0.3 is 34.9 Å². The highest BCUT2D eigenvalue weighted by molar-refractivity contribution is 9.10. The molecule has 258 valence electrons. The predicted molar refractivity (Wildman–Crippen MR) is 180 cm³/mol. The van der Waals surface area contributed by atoms with Crippen LogP contribution in [0.2, 0.25) is 0 Å². The standard InChI is InChI=1S/C35H43BrN4O8/c1-2-46-29-18-28(25-14-9-15-26(36)31(25)38-29)47-24-17-27-32(42)39-35(33(43)44)19-21(35)10-5-3-4-6-11-22(16-30(41)40(27)20-24)37-34(45)48-23-12-7-8-13-23/h5,9-10,14-15,18,21-24,27H,2-4,6-8,11-13,16-17,19-20H2,1H3,(H,37,45)(H,39,42)(H,43,44)/b10-5-/t21-,22+,24-,27+,35-/m1/s1. The second-order valence-corrected chi connectivity index (χ2v) is 14.1. The maximum absolute atomic E-state index is 14.0. The molecule has 2 aliphatic heterocycles. The van der Waals surface area contributed by atoms with Gasteiger partial charge in [-0.2, -0.15) is 0 Å². The van der Waals surface area contributed by atoms with Gasteiger partial charge in [-0.05, 0) is 86.4 Å². The summed E-state index contributed by atoms with van der Waals surface area (Å²) < 4.78 is 18.6. The highest BCUT2D eigenvalue weighted by Gasteiger charge is 2.61. The van der Waals surface area contributed by atoms with Gasteiger partial charge in [-0.1, -0.05) is 24.6 Å². The van der Waals surface area contributed by atoms with E-state index in [0.717, 1.165) is 54.8 Å². The summed E-state index contributed by atoms with van der Waals surface area (Å²) in [6.45, 7) is 2.36. The maximum Gasteiger partial charge on any atom is 0.407 e.